The minimum absolute atomic E-state index is 0.0154. The fraction of sp³-hybridized carbons (Fsp3) is 0.200. The molecule has 5 heterocycles. The average Bonchev–Trinajstić information content (AvgIpc) is 3.48. The molecule has 0 spiro atoms. The third kappa shape index (κ3) is 2.65. The number of nitrogens with zero attached hydrogens (tertiary/aromatic N) is 4. The van der Waals surface area contributed by atoms with Crippen LogP contribution in [0.4, 0.5) is 11.5 Å². The Morgan fingerprint density at radius 2 is 2.21 bits per heavy atom. The smallest absolute Gasteiger partial charge is 0.250 e. The van der Waals surface area contributed by atoms with E-state index in [0.717, 1.165) is 32.7 Å². The van der Waals surface area contributed by atoms with E-state index in [1.54, 1.807) is 22.4 Å². The number of rotatable bonds is 3. The van der Waals surface area contributed by atoms with Crippen molar-refractivity contribution >= 4 is 39.0 Å². The second-order valence-corrected chi connectivity index (χ2v) is 7.97. The first-order chi connectivity index (χ1) is 14.3. The number of ether oxygens (including phenoxy) is 1. The van der Waals surface area contributed by atoms with Crippen molar-refractivity contribution in [1.82, 2.24) is 20.2 Å². The van der Waals surface area contributed by atoms with Gasteiger partial charge in [0.1, 0.15) is 18.5 Å². The van der Waals surface area contributed by atoms with Crippen LogP contribution in [0.2, 0.25) is 0 Å². The number of anilines is 2. The molecule has 1 atom stereocenters. The molecule has 0 radical (unpaired) electrons. The highest BCUT2D eigenvalue weighted by Crippen LogP contribution is 2.37. The van der Waals surface area contributed by atoms with Gasteiger partial charge in [0.15, 0.2) is 0 Å². The largest absolute Gasteiger partial charge is 0.471 e. The van der Waals surface area contributed by atoms with Crippen molar-refractivity contribution in [3.8, 4) is 17.0 Å². The second-order valence-electron chi connectivity index (χ2n) is 7.08. The maximum atomic E-state index is 13.0. The van der Waals surface area contributed by atoms with Crippen LogP contribution in [-0.4, -0.2) is 38.7 Å². The molecule has 0 saturated carbocycles. The average molecular weight is 404 g/mol. The SMILES string of the molecule is O=C1C(Nc2ccc3ncsc3c2)CCN1c1ccc2c(n1)OCc1[nH]ncc1-2. The Hall–Kier alpha value is -3.46. The van der Waals surface area contributed by atoms with Gasteiger partial charge in [-0.05, 0) is 36.8 Å². The monoisotopic (exact) mass is 404 g/mol. The van der Waals surface area contributed by atoms with Gasteiger partial charge in [-0.25, -0.2) is 4.98 Å². The Kier molecular flexibility index (Phi) is 3.57. The molecule has 29 heavy (non-hydrogen) atoms. The number of H-pyrrole nitrogens is 1. The fourth-order valence-corrected chi connectivity index (χ4v) is 4.60. The van der Waals surface area contributed by atoms with Crippen molar-refractivity contribution in [1.29, 1.82) is 0 Å². The number of fused-ring (bicyclic) bond motifs is 4. The van der Waals surface area contributed by atoms with Crippen LogP contribution < -0.4 is 15.0 Å². The van der Waals surface area contributed by atoms with Gasteiger partial charge in [-0.2, -0.15) is 10.1 Å². The molecule has 2 N–H and O–H groups in total. The maximum absolute atomic E-state index is 13.0. The summed E-state index contributed by atoms with van der Waals surface area (Å²) < 4.78 is 6.86. The molecule has 6 rings (SSSR count). The third-order valence-corrected chi connectivity index (χ3v) is 6.15. The molecular weight excluding hydrogens is 388 g/mol. The van der Waals surface area contributed by atoms with Gasteiger partial charge in [0.2, 0.25) is 5.88 Å². The molecule has 1 saturated heterocycles. The van der Waals surface area contributed by atoms with E-state index in [0.29, 0.717) is 31.3 Å². The third-order valence-electron chi connectivity index (χ3n) is 5.36. The second kappa shape index (κ2) is 6.28. The van der Waals surface area contributed by atoms with Gasteiger partial charge in [0.05, 0.1) is 27.6 Å². The number of pyridine rings is 1. The quantitative estimate of drug-likeness (QED) is 0.544. The lowest BCUT2D eigenvalue weighted by Gasteiger charge is -2.21. The summed E-state index contributed by atoms with van der Waals surface area (Å²) in [6.07, 6.45) is 2.49. The van der Waals surface area contributed by atoms with E-state index in [1.165, 1.54) is 0 Å². The first kappa shape index (κ1) is 16.5. The van der Waals surface area contributed by atoms with Crippen LogP contribution in [0.3, 0.4) is 0 Å². The lowest BCUT2D eigenvalue weighted by Crippen LogP contribution is -2.34. The maximum Gasteiger partial charge on any atom is 0.250 e. The number of hydrogen-bond acceptors (Lipinski definition) is 7. The summed E-state index contributed by atoms with van der Waals surface area (Å²) >= 11 is 1.59. The molecular formula is C20H16N6O2S. The normalized spacial score (nSPS) is 17.9. The van der Waals surface area contributed by atoms with Gasteiger partial charge in [-0.3, -0.25) is 14.8 Å². The minimum atomic E-state index is -0.278. The molecule has 1 aromatic carbocycles. The molecule has 144 valence electrons. The number of nitrogens with one attached hydrogen (secondary N) is 2. The zero-order chi connectivity index (χ0) is 19.4. The van der Waals surface area contributed by atoms with Crippen molar-refractivity contribution in [2.45, 2.75) is 19.1 Å². The van der Waals surface area contributed by atoms with Crippen LogP contribution in [0.15, 0.2) is 42.0 Å². The van der Waals surface area contributed by atoms with Crippen LogP contribution in [0.1, 0.15) is 12.1 Å². The standard InChI is InChI=1S/C20H16N6O2S/c27-20-15(23-11-1-3-14-17(7-11)29-10-21-14)5-6-26(20)18-4-2-12-13-8-22-25-16(13)9-28-19(12)24-18/h1-4,7-8,10,15,23H,5-6,9H2,(H,22,25). The summed E-state index contributed by atoms with van der Waals surface area (Å²) in [5.41, 5.74) is 6.55. The predicted molar refractivity (Wildman–Crippen MR) is 110 cm³/mol. The lowest BCUT2D eigenvalue weighted by atomic mass is 10.1. The molecule has 8 nitrogen and oxygen atoms in total. The Balaban J connectivity index is 1.24. The van der Waals surface area contributed by atoms with Gasteiger partial charge in [-0.1, -0.05) is 0 Å². The Bertz CT molecular complexity index is 1250. The summed E-state index contributed by atoms with van der Waals surface area (Å²) in [6, 6.07) is 9.50. The van der Waals surface area contributed by atoms with Crippen LogP contribution >= 0.6 is 11.3 Å². The number of hydrogen-bond donors (Lipinski definition) is 2. The molecule has 2 aliphatic heterocycles. The first-order valence-electron chi connectivity index (χ1n) is 9.34. The van der Waals surface area contributed by atoms with Crippen molar-refractivity contribution in [2.75, 3.05) is 16.8 Å². The highest BCUT2D eigenvalue weighted by Gasteiger charge is 2.34. The van der Waals surface area contributed by atoms with Crippen molar-refractivity contribution in [3.05, 3.63) is 47.7 Å². The first-order valence-corrected chi connectivity index (χ1v) is 10.2. The highest BCUT2D eigenvalue weighted by atomic mass is 32.1. The summed E-state index contributed by atoms with van der Waals surface area (Å²) in [5.74, 6) is 1.17. The van der Waals surface area contributed by atoms with Crippen molar-refractivity contribution in [3.63, 3.8) is 0 Å². The van der Waals surface area contributed by atoms with E-state index in [9.17, 15) is 4.79 Å². The molecule has 1 unspecified atom stereocenters. The minimum Gasteiger partial charge on any atom is -0.471 e. The van der Waals surface area contributed by atoms with E-state index in [-0.39, 0.29) is 11.9 Å². The van der Waals surface area contributed by atoms with E-state index >= 15 is 0 Å². The molecule has 2 aliphatic rings. The van der Waals surface area contributed by atoms with Gasteiger partial charge in [-0.15, -0.1) is 11.3 Å². The lowest BCUT2D eigenvalue weighted by molar-refractivity contribution is -0.117. The van der Waals surface area contributed by atoms with Gasteiger partial charge < -0.3 is 10.1 Å². The Morgan fingerprint density at radius 1 is 1.24 bits per heavy atom. The Morgan fingerprint density at radius 3 is 3.17 bits per heavy atom. The zero-order valence-corrected chi connectivity index (χ0v) is 16.1. The zero-order valence-electron chi connectivity index (χ0n) is 15.3. The predicted octanol–water partition coefficient (Wildman–Crippen LogP) is 3.19. The van der Waals surface area contributed by atoms with Gasteiger partial charge >= 0.3 is 0 Å². The molecule has 9 heteroatoms. The molecule has 1 amide bonds. The summed E-state index contributed by atoms with van der Waals surface area (Å²) in [6.45, 7) is 1.01. The van der Waals surface area contributed by atoms with E-state index in [4.69, 9.17) is 4.74 Å². The number of aromatic amines is 1. The molecule has 0 aliphatic carbocycles. The van der Waals surface area contributed by atoms with Crippen LogP contribution in [0.25, 0.3) is 21.3 Å². The molecule has 3 aromatic heterocycles. The van der Waals surface area contributed by atoms with E-state index in [1.807, 2.05) is 35.8 Å². The van der Waals surface area contributed by atoms with Crippen LogP contribution in [-0.2, 0) is 11.4 Å². The highest BCUT2D eigenvalue weighted by molar-refractivity contribution is 7.16. The van der Waals surface area contributed by atoms with E-state index in [2.05, 4.69) is 25.5 Å². The van der Waals surface area contributed by atoms with Gasteiger partial charge in [0, 0.05) is 23.4 Å². The van der Waals surface area contributed by atoms with Crippen molar-refractivity contribution < 1.29 is 9.53 Å². The molecule has 1 fully saturated rings. The molecule has 4 aromatic rings. The summed E-state index contributed by atoms with van der Waals surface area (Å²) in [5, 5.41) is 10.4. The number of thiazole rings is 1. The summed E-state index contributed by atoms with van der Waals surface area (Å²) in [7, 11) is 0. The molecule has 0 bridgehead atoms. The van der Waals surface area contributed by atoms with Crippen LogP contribution in [0.5, 0.6) is 5.88 Å². The Labute approximate surface area is 169 Å². The summed E-state index contributed by atoms with van der Waals surface area (Å²) in [4.78, 5) is 23.6. The van der Waals surface area contributed by atoms with Gasteiger partial charge in [0.25, 0.3) is 5.91 Å². The topological polar surface area (TPSA) is 96.0 Å². The van der Waals surface area contributed by atoms with E-state index < -0.39 is 0 Å². The van der Waals surface area contributed by atoms with Crippen molar-refractivity contribution in [2.24, 2.45) is 0 Å². The number of amides is 1. The number of carbonyl (C=O) groups is 1. The fourth-order valence-electron chi connectivity index (χ4n) is 3.88. The number of benzene rings is 1. The van der Waals surface area contributed by atoms with Crippen LogP contribution in [0, 0.1) is 0 Å². The number of carbonyl (C=O) groups excluding carboxylic acids is 1. The number of aromatic nitrogens is 4.